The van der Waals surface area contributed by atoms with Gasteiger partial charge in [-0.05, 0) is 75.6 Å². The van der Waals surface area contributed by atoms with Crippen LogP contribution >= 0.6 is 0 Å². The van der Waals surface area contributed by atoms with E-state index < -0.39 is 10.8 Å². The fourth-order valence-electron chi connectivity index (χ4n) is 8.43. The molecule has 2 unspecified atom stereocenters. The SMILES string of the molecule is CCCCC(CC)CN(CC(CC)CCCC)c1ccc(C2=C(O)/C(=C3/C=CC(=[N+](c4ccc(C)cc4)c4ccc(C)cc4)C=C3NC(=O)C(C)(C)CC)C2=O)c(NC(=O)C(C)(C)CC)c1. The molecular formula is C58H79N4O4+. The lowest BCUT2D eigenvalue weighted by molar-refractivity contribution is -0.128. The highest BCUT2D eigenvalue weighted by molar-refractivity contribution is 6.40. The minimum Gasteiger partial charge on any atom is -0.506 e. The Hall–Kier alpha value is -5.50. The Bertz CT molecular complexity index is 2310. The number of benzene rings is 3. The van der Waals surface area contributed by atoms with Crippen LogP contribution in [0.25, 0.3) is 5.57 Å². The molecule has 0 aromatic heterocycles. The third-order valence-electron chi connectivity index (χ3n) is 14.2. The van der Waals surface area contributed by atoms with Crippen LogP contribution in [0.3, 0.4) is 0 Å². The molecular weight excluding hydrogens is 817 g/mol. The van der Waals surface area contributed by atoms with Crippen molar-refractivity contribution >= 4 is 51.6 Å². The lowest BCUT2D eigenvalue weighted by Gasteiger charge is -2.34. The van der Waals surface area contributed by atoms with Gasteiger partial charge in [0.15, 0.2) is 0 Å². The normalized spacial score (nSPS) is 16.2. The second-order valence-corrected chi connectivity index (χ2v) is 20.0. The first-order chi connectivity index (χ1) is 31.4. The lowest BCUT2D eigenvalue weighted by atomic mass is 9.78. The van der Waals surface area contributed by atoms with Crippen LogP contribution in [-0.4, -0.2) is 41.5 Å². The van der Waals surface area contributed by atoms with E-state index in [1.165, 1.54) is 12.8 Å². The van der Waals surface area contributed by atoms with Crippen LogP contribution in [0.15, 0.2) is 108 Å². The summed E-state index contributed by atoms with van der Waals surface area (Å²) < 4.78 is 2.12. The first-order valence-electron chi connectivity index (χ1n) is 24.9. The van der Waals surface area contributed by atoms with Crippen LogP contribution in [0, 0.1) is 36.5 Å². The van der Waals surface area contributed by atoms with Gasteiger partial charge in [0.1, 0.15) is 5.76 Å². The molecule has 0 saturated heterocycles. The van der Waals surface area contributed by atoms with Crippen molar-refractivity contribution in [2.24, 2.45) is 22.7 Å². The summed E-state index contributed by atoms with van der Waals surface area (Å²) >= 11 is 0. The average Bonchev–Trinajstić information content (AvgIpc) is 3.31. The Labute approximate surface area is 397 Å². The van der Waals surface area contributed by atoms with Crippen molar-refractivity contribution in [1.29, 1.82) is 0 Å². The minimum atomic E-state index is -0.701. The van der Waals surface area contributed by atoms with Gasteiger partial charge in [-0.1, -0.05) is 143 Å². The molecule has 354 valence electrons. The molecule has 66 heavy (non-hydrogen) atoms. The quantitative estimate of drug-likeness (QED) is 0.0689. The first-order valence-corrected chi connectivity index (χ1v) is 24.9. The molecule has 0 bridgehead atoms. The van der Waals surface area contributed by atoms with Crippen LogP contribution in [-0.2, 0) is 14.4 Å². The van der Waals surface area contributed by atoms with E-state index in [2.05, 4.69) is 116 Å². The summed E-state index contributed by atoms with van der Waals surface area (Å²) in [7, 11) is 0. The van der Waals surface area contributed by atoms with Gasteiger partial charge in [-0.3, -0.25) is 14.4 Å². The fourth-order valence-corrected chi connectivity index (χ4v) is 8.43. The molecule has 8 heteroatoms. The van der Waals surface area contributed by atoms with Crippen molar-refractivity contribution in [3.8, 4) is 0 Å². The maximum atomic E-state index is 14.8. The van der Waals surface area contributed by atoms with E-state index in [9.17, 15) is 19.5 Å². The van der Waals surface area contributed by atoms with Gasteiger partial charge in [0, 0.05) is 77.2 Å². The lowest BCUT2D eigenvalue weighted by Crippen LogP contribution is -2.38. The Morgan fingerprint density at radius 3 is 1.64 bits per heavy atom. The van der Waals surface area contributed by atoms with Gasteiger partial charge < -0.3 is 20.6 Å². The van der Waals surface area contributed by atoms with Crippen molar-refractivity contribution in [2.45, 2.75) is 147 Å². The third-order valence-corrected chi connectivity index (χ3v) is 14.2. The van der Waals surface area contributed by atoms with E-state index in [-0.39, 0.29) is 34.5 Å². The highest BCUT2D eigenvalue weighted by atomic mass is 16.3. The molecule has 0 heterocycles. The number of nitrogens with one attached hydrogen (secondary N) is 2. The summed E-state index contributed by atoms with van der Waals surface area (Å²) in [5, 5.41) is 18.6. The number of aliphatic hydroxyl groups excluding tert-OH is 1. The van der Waals surface area contributed by atoms with Crippen molar-refractivity contribution in [3.05, 3.63) is 124 Å². The van der Waals surface area contributed by atoms with E-state index in [0.29, 0.717) is 47.2 Å². The molecule has 5 rings (SSSR count). The van der Waals surface area contributed by atoms with Crippen molar-refractivity contribution in [1.82, 2.24) is 9.89 Å². The number of allylic oxidation sites excluding steroid dienone is 5. The van der Waals surface area contributed by atoms with Crippen LogP contribution < -0.4 is 20.1 Å². The van der Waals surface area contributed by atoms with Crippen LogP contribution in [0.5, 0.6) is 0 Å². The molecule has 2 amide bonds. The number of aryl methyl sites for hydroxylation is 2. The van der Waals surface area contributed by atoms with Gasteiger partial charge in [0.2, 0.25) is 34.7 Å². The Kier molecular flexibility index (Phi) is 17.8. The van der Waals surface area contributed by atoms with Crippen molar-refractivity contribution in [3.63, 3.8) is 0 Å². The summed E-state index contributed by atoms with van der Waals surface area (Å²) in [6, 6.07) is 22.5. The predicted molar refractivity (Wildman–Crippen MR) is 278 cm³/mol. The molecule has 0 spiro atoms. The summed E-state index contributed by atoms with van der Waals surface area (Å²) in [6.07, 6.45) is 16.0. The van der Waals surface area contributed by atoms with Crippen LogP contribution in [0.4, 0.5) is 22.7 Å². The zero-order valence-corrected chi connectivity index (χ0v) is 42.3. The maximum absolute atomic E-state index is 14.8. The molecule has 3 aromatic carbocycles. The fraction of sp³-hybridized carbons (Fsp3) is 0.483. The first kappa shape index (κ1) is 51.5. The largest absolute Gasteiger partial charge is 0.506 e. The second kappa shape index (κ2) is 22.8. The van der Waals surface area contributed by atoms with Crippen molar-refractivity contribution < 1.29 is 19.5 Å². The van der Waals surface area contributed by atoms with Gasteiger partial charge in [-0.15, -0.1) is 0 Å². The molecule has 2 atom stereocenters. The van der Waals surface area contributed by atoms with Crippen LogP contribution in [0.2, 0.25) is 0 Å². The van der Waals surface area contributed by atoms with Gasteiger partial charge in [0.05, 0.1) is 22.5 Å². The molecule has 3 N–H and O–H groups in total. The number of anilines is 2. The Balaban J connectivity index is 1.70. The highest BCUT2D eigenvalue weighted by Gasteiger charge is 2.41. The molecule has 3 aromatic rings. The molecule has 0 fully saturated rings. The summed E-state index contributed by atoms with van der Waals surface area (Å²) in [5.41, 5.74) is 6.62. The maximum Gasteiger partial charge on any atom is 0.230 e. The summed E-state index contributed by atoms with van der Waals surface area (Å²) in [4.78, 5) is 45.2. The Morgan fingerprint density at radius 1 is 0.682 bits per heavy atom. The van der Waals surface area contributed by atoms with E-state index in [4.69, 9.17) is 0 Å². The van der Waals surface area contributed by atoms with Gasteiger partial charge >= 0.3 is 0 Å². The topological polar surface area (TPSA) is 102 Å². The number of Topliss-reactive ketones (excluding diaryl/α,β-unsaturated/α-hetero) is 1. The minimum absolute atomic E-state index is 0.124. The van der Waals surface area contributed by atoms with Gasteiger partial charge in [-0.25, -0.2) is 0 Å². The molecule has 8 nitrogen and oxygen atoms in total. The number of carbonyl (C=O) groups excluding carboxylic acids is 3. The highest BCUT2D eigenvalue weighted by Crippen LogP contribution is 2.44. The second-order valence-electron chi connectivity index (χ2n) is 20.0. The number of rotatable bonds is 22. The van der Waals surface area contributed by atoms with E-state index >= 15 is 0 Å². The molecule has 2 aliphatic rings. The number of hydrogen-bond acceptors (Lipinski definition) is 5. The smallest absolute Gasteiger partial charge is 0.230 e. The molecule has 0 saturated carbocycles. The zero-order valence-electron chi connectivity index (χ0n) is 42.3. The van der Waals surface area contributed by atoms with Gasteiger partial charge in [0.25, 0.3) is 0 Å². The summed E-state index contributed by atoms with van der Waals surface area (Å²) in [5.74, 6) is 0.171. The summed E-state index contributed by atoms with van der Waals surface area (Å²) in [6.45, 7) is 26.6. The number of unbranched alkanes of at least 4 members (excludes halogenated alkanes) is 2. The number of hydrogen-bond donors (Lipinski definition) is 3. The van der Waals surface area contributed by atoms with Gasteiger partial charge in [-0.2, -0.15) is 4.58 Å². The number of nitrogens with zero attached hydrogens (tertiary/aromatic N) is 2. The number of amides is 2. The molecule has 0 aliphatic heterocycles. The monoisotopic (exact) mass is 896 g/mol. The Morgan fingerprint density at radius 2 is 1.18 bits per heavy atom. The zero-order chi connectivity index (χ0) is 48.3. The standard InChI is InChI=1S/C58H78N4O4/c1-13-19-21-41(15-3)37-61(38-42(16-4)22-20-14-2)45-31-33-47(49(35-45)59-55(65)57(9,10)17-5)51-53(63)52(54(51)64)48-34-32-46(36-50(48)60-56(66)58(11,12)18-6)62(43-27-23-39(7)24-28-43)44-29-25-40(8)26-30-44/h23-36,41-42H,13-22,37-38H2,1-12H3,(H2,59,60,63,64,65,66)/p+1. The number of ketones is 1. The molecule has 0 radical (unpaired) electrons. The van der Waals surface area contributed by atoms with Crippen LogP contribution in [0.1, 0.15) is 150 Å². The number of aliphatic hydroxyl groups is 1. The van der Waals surface area contributed by atoms with E-state index in [1.807, 2.05) is 71.9 Å². The average molecular weight is 896 g/mol. The molecule has 2 aliphatic carbocycles. The third kappa shape index (κ3) is 12.1. The predicted octanol–water partition coefficient (Wildman–Crippen LogP) is 14.0. The number of carbonyl (C=O) groups is 3. The van der Waals surface area contributed by atoms with E-state index in [0.717, 1.165) is 85.5 Å². The van der Waals surface area contributed by atoms with E-state index in [1.54, 1.807) is 0 Å². The van der Waals surface area contributed by atoms with Crippen molar-refractivity contribution in [2.75, 3.05) is 23.3 Å².